The molecule has 2 N–H and O–H groups in total. The highest BCUT2D eigenvalue weighted by Gasteiger charge is 2.13. The summed E-state index contributed by atoms with van der Waals surface area (Å²) in [7, 11) is 1.40. The van der Waals surface area contributed by atoms with E-state index >= 15 is 0 Å². The van der Waals surface area contributed by atoms with Gasteiger partial charge in [0.25, 0.3) is 0 Å². The van der Waals surface area contributed by atoms with Gasteiger partial charge in [-0.05, 0) is 20.8 Å². The van der Waals surface area contributed by atoms with Crippen LogP contribution in [0.3, 0.4) is 0 Å². The Kier molecular flexibility index (Phi) is 10.3. The van der Waals surface area contributed by atoms with E-state index in [4.69, 9.17) is 4.74 Å². The summed E-state index contributed by atoms with van der Waals surface area (Å²) in [6.07, 6.45) is 0. The van der Waals surface area contributed by atoms with Crippen molar-refractivity contribution in [1.29, 1.82) is 0 Å². The number of carbonyl (C=O) groups excluding carboxylic acids is 1. The summed E-state index contributed by atoms with van der Waals surface area (Å²) < 4.78 is 4.71. The highest BCUT2D eigenvalue weighted by atomic mass is 127. The standard InChI is InChI=1S/C14H24N4O2S.HI/c1-6-15-14(16-7-9(2)13(19)20-5)17-8-12-10(3)18-11(4)21-12;/h9H,6-8H2,1-5H3,(H2,15,16,17);1H. The first-order valence-corrected chi connectivity index (χ1v) is 7.82. The molecule has 22 heavy (non-hydrogen) atoms. The second kappa shape index (κ2) is 10.8. The minimum Gasteiger partial charge on any atom is -0.469 e. The second-order valence-electron chi connectivity index (χ2n) is 4.74. The molecule has 0 amide bonds. The average Bonchev–Trinajstić information content (AvgIpc) is 2.78. The lowest BCUT2D eigenvalue weighted by Crippen LogP contribution is -2.40. The predicted octanol–water partition coefficient (Wildman–Crippen LogP) is 2.24. The summed E-state index contributed by atoms with van der Waals surface area (Å²) in [4.78, 5) is 21.5. The van der Waals surface area contributed by atoms with Crippen LogP contribution in [0.25, 0.3) is 0 Å². The minimum atomic E-state index is -0.229. The molecule has 0 saturated carbocycles. The van der Waals surface area contributed by atoms with Crippen LogP contribution in [0, 0.1) is 19.8 Å². The number of thiazole rings is 1. The first-order chi connectivity index (χ1) is 9.97. The van der Waals surface area contributed by atoms with Gasteiger partial charge in [-0.15, -0.1) is 35.3 Å². The van der Waals surface area contributed by atoms with E-state index in [-0.39, 0.29) is 35.9 Å². The summed E-state index contributed by atoms with van der Waals surface area (Å²) in [5.41, 5.74) is 1.03. The van der Waals surface area contributed by atoms with Crippen LogP contribution in [0.2, 0.25) is 0 Å². The van der Waals surface area contributed by atoms with Gasteiger partial charge in [0.05, 0.1) is 30.3 Å². The van der Waals surface area contributed by atoms with E-state index in [9.17, 15) is 4.79 Å². The van der Waals surface area contributed by atoms with Crippen molar-refractivity contribution in [2.45, 2.75) is 34.2 Å². The molecule has 1 rings (SSSR count). The number of hydrogen-bond donors (Lipinski definition) is 2. The summed E-state index contributed by atoms with van der Waals surface area (Å²) in [6, 6.07) is 0. The van der Waals surface area contributed by atoms with Crippen LogP contribution in [0.5, 0.6) is 0 Å². The van der Waals surface area contributed by atoms with Crippen LogP contribution in [0.15, 0.2) is 4.99 Å². The molecule has 0 aliphatic rings. The number of guanidine groups is 1. The Hall–Kier alpha value is -0.900. The van der Waals surface area contributed by atoms with Crippen LogP contribution in [-0.4, -0.2) is 37.1 Å². The molecule has 0 fully saturated rings. The number of halogens is 1. The van der Waals surface area contributed by atoms with Gasteiger partial charge in [0, 0.05) is 18.0 Å². The minimum absolute atomic E-state index is 0. The zero-order chi connectivity index (χ0) is 15.8. The quantitative estimate of drug-likeness (QED) is 0.307. The van der Waals surface area contributed by atoms with Gasteiger partial charge in [-0.3, -0.25) is 4.79 Å². The lowest BCUT2D eigenvalue weighted by atomic mass is 10.2. The maximum atomic E-state index is 11.4. The number of methoxy groups -OCH3 is 1. The maximum absolute atomic E-state index is 11.4. The van der Waals surface area contributed by atoms with Crippen LogP contribution in [0.1, 0.15) is 29.4 Å². The monoisotopic (exact) mass is 440 g/mol. The predicted molar refractivity (Wildman–Crippen MR) is 101 cm³/mol. The summed E-state index contributed by atoms with van der Waals surface area (Å²) in [5.74, 6) is 0.247. The van der Waals surface area contributed by atoms with Gasteiger partial charge in [-0.25, -0.2) is 9.98 Å². The number of nitrogens with zero attached hydrogens (tertiary/aromatic N) is 2. The normalized spacial score (nSPS) is 12.3. The van der Waals surface area contributed by atoms with Gasteiger partial charge in [-0.2, -0.15) is 0 Å². The van der Waals surface area contributed by atoms with Gasteiger partial charge < -0.3 is 15.4 Å². The summed E-state index contributed by atoms with van der Waals surface area (Å²) >= 11 is 1.66. The molecular weight excluding hydrogens is 415 g/mol. The first-order valence-electron chi connectivity index (χ1n) is 7.00. The average molecular weight is 440 g/mol. The van der Waals surface area contributed by atoms with E-state index in [1.165, 1.54) is 7.11 Å². The molecule has 0 spiro atoms. The Morgan fingerprint density at radius 1 is 1.41 bits per heavy atom. The third-order valence-electron chi connectivity index (χ3n) is 2.90. The van der Waals surface area contributed by atoms with Crippen LogP contribution < -0.4 is 10.6 Å². The number of rotatable bonds is 6. The van der Waals surface area contributed by atoms with E-state index in [1.807, 2.05) is 27.7 Å². The molecule has 0 aromatic carbocycles. The zero-order valence-electron chi connectivity index (χ0n) is 13.7. The molecule has 6 nitrogen and oxygen atoms in total. The van der Waals surface area contributed by atoms with Gasteiger partial charge in [0.15, 0.2) is 5.96 Å². The number of hydrogen-bond acceptors (Lipinski definition) is 5. The Bertz CT molecular complexity index is 505. The van der Waals surface area contributed by atoms with E-state index in [1.54, 1.807) is 11.3 Å². The van der Waals surface area contributed by atoms with Gasteiger partial charge >= 0.3 is 5.97 Å². The topological polar surface area (TPSA) is 75.6 Å². The number of aryl methyl sites for hydroxylation is 2. The van der Waals surface area contributed by atoms with Crippen molar-refractivity contribution < 1.29 is 9.53 Å². The van der Waals surface area contributed by atoms with Gasteiger partial charge in [0.1, 0.15) is 0 Å². The number of aliphatic imine (C=N–C) groups is 1. The molecule has 0 saturated heterocycles. The molecular formula is C14H25IN4O2S. The Morgan fingerprint density at radius 3 is 2.59 bits per heavy atom. The van der Waals surface area contributed by atoms with Crippen molar-refractivity contribution in [2.24, 2.45) is 10.9 Å². The Balaban J connectivity index is 0.00000441. The summed E-state index contributed by atoms with van der Waals surface area (Å²) in [6.45, 7) is 9.64. The van der Waals surface area contributed by atoms with Gasteiger partial charge in [-0.1, -0.05) is 6.92 Å². The lowest BCUT2D eigenvalue weighted by Gasteiger charge is -2.14. The molecule has 1 aromatic heterocycles. The largest absolute Gasteiger partial charge is 0.469 e. The van der Waals surface area contributed by atoms with E-state index < -0.39 is 0 Å². The molecule has 126 valence electrons. The number of nitrogens with one attached hydrogen (secondary N) is 2. The van der Waals surface area contributed by atoms with Crippen molar-refractivity contribution in [3.63, 3.8) is 0 Å². The van der Waals surface area contributed by atoms with Gasteiger partial charge in [0.2, 0.25) is 0 Å². The second-order valence-corrected chi connectivity index (χ2v) is 6.03. The maximum Gasteiger partial charge on any atom is 0.310 e. The Labute approximate surface area is 153 Å². The molecule has 1 unspecified atom stereocenters. The number of ether oxygens (including phenoxy) is 1. The van der Waals surface area contributed by atoms with Crippen molar-refractivity contribution in [3.8, 4) is 0 Å². The zero-order valence-corrected chi connectivity index (χ0v) is 16.9. The lowest BCUT2D eigenvalue weighted by molar-refractivity contribution is -0.144. The van der Waals surface area contributed by atoms with Crippen molar-refractivity contribution in [2.75, 3.05) is 20.2 Å². The van der Waals surface area contributed by atoms with E-state index in [0.717, 1.165) is 22.1 Å². The highest BCUT2D eigenvalue weighted by molar-refractivity contribution is 14.0. The Morgan fingerprint density at radius 2 is 2.09 bits per heavy atom. The fourth-order valence-corrected chi connectivity index (χ4v) is 2.61. The third-order valence-corrected chi connectivity index (χ3v) is 3.96. The molecule has 1 aromatic rings. The van der Waals surface area contributed by atoms with Crippen molar-refractivity contribution in [3.05, 3.63) is 15.6 Å². The van der Waals surface area contributed by atoms with E-state index in [0.29, 0.717) is 19.0 Å². The van der Waals surface area contributed by atoms with Crippen LogP contribution in [0.4, 0.5) is 0 Å². The van der Waals surface area contributed by atoms with E-state index in [2.05, 4.69) is 20.6 Å². The fraction of sp³-hybridized carbons (Fsp3) is 0.643. The highest BCUT2D eigenvalue weighted by Crippen LogP contribution is 2.17. The summed E-state index contributed by atoms with van der Waals surface area (Å²) in [5, 5.41) is 7.37. The SMILES string of the molecule is CCNC(=NCc1sc(C)nc1C)NCC(C)C(=O)OC.I. The van der Waals surface area contributed by atoms with Crippen molar-refractivity contribution >= 4 is 47.2 Å². The molecule has 1 heterocycles. The fourth-order valence-electron chi connectivity index (χ4n) is 1.75. The van der Waals surface area contributed by atoms with Crippen LogP contribution in [-0.2, 0) is 16.1 Å². The third kappa shape index (κ3) is 6.91. The molecule has 0 radical (unpaired) electrons. The number of aromatic nitrogens is 1. The smallest absolute Gasteiger partial charge is 0.310 e. The first kappa shape index (κ1) is 21.1. The van der Waals surface area contributed by atoms with Crippen molar-refractivity contribution in [1.82, 2.24) is 15.6 Å². The molecule has 0 aliphatic carbocycles. The number of carbonyl (C=O) groups is 1. The van der Waals surface area contributed by atoms with Crippen LogP contribution >= 0.6 is 35.3 Å². The molecule has 0 bridgehead atoms. The number of esters is 1. The molecule has 0 aliphatic heterocycles. The molecule has 8 heteroatoms. The molecule has 1 atom stereocenters.